The molecule has 2 saturated carbocycles. The molecule has 19 heavy (non-hydrogen) atoms. The maximum absolute atomic E-state index is 12.5. The Bertz CT molecular complexity index is 469. The number of nitrogens with one attached hydrogen (secondary N) is 2. The zero-order chi connectivity index (χ0) is 14.3. The van der Waals surface area contributed by atoms with E-state index in [1.807, 2.05) is 0 Å². The Kier molecular flexibility index (Phi) is 3.51. The van der Waals surface area contributed by atoms with Gasteiger partial charge in [-0.15, -0.1) is 6.58 Å². The summed E-state index contributed by atoms with van der Waals surface area (Å²) < 4.78 is 0. The predicted molar refractivity (Wildman–Crippen MR) is 81.0 cm³/mol. The van der Waals surface area contributed by atoms with Crippen LogP contribution in [0.25, 0.3) is 0 Å². The largest absolute Gasteiger partial charge is 0.358 e. The van der Waals surface area contributed by atoms with Crippen molar-refractivity contribution in [2.75, 3.05) is 6.54 Å². The van der Waals surface area contributed by atoms with Crippen molar-refractivity contribution in [3.05, 3.63) is 12.7 Å². The number of carbonyl (C=O) groups is 1. The average molecular weight is 279 g/mol. The second-order valence-corrected chi connectivity index (χ2v) is 6.49. The van der Waals surface area contributed by atoms with Crippen molar-refractivity contribution in [1.29, 1.82) is 0 Å². The molecule has 0 aliphatic heterocycles. The highest BCUT2D eigenvalue weighted by Crippen LogP contribution is 2.62. The lowest BCUT2D eigenvalue weighted by Crippen LogP contribution is -2.36. The van der Waals surface area contributed by atoms with Gasteiger partial charge in [-0.05, 0) is 30.5 Å². The van der Waals surface area contributed by atoms with Gasteiger partial charge in [-0.3, -0.25) is 10.2 Å². The Hall–Kier alpha value is -1.23. The van der Waals surface area contributed by atoms with E-state index < -0.39 is 0 Å². The minimum Gasteiger partial charge on any atom is -0.358 e. The van der Waals surface area contributed by atoms with Crippen LogP contribution in [-0.4, -0.2) is 23.2 Å². The summed E-state index contributed by atoms with van der Waals surface area (Å²) in [5.41, 5.74) is 3.14. The van der Waals surface area contributed by atoms with E-state index >= 15 is 0 Å². The lowest BCUT2D eigenvalue weighted by molar-refractivity contribution is -0.123. The molecular weight excluding hydrogens is 258 g/mol. The molecule has 0 heterocycles. The maximum atomic E-state index is 12.5. The molecule has 2 atom stereocenters. The van der Waals surface area contributed by atoms with Crippen molar-refractivity contribution in [2.24, 2.45) is 21.8 Å². The lowest BCUT2D eigenvalue weighted by Gasteiger charge is -2.31. The van der Waals surface area contributed by atoms with Crippen LogP contribution in [0.3, 0.4) is 0 Å². The van der Waals surface area contributed by atoms with Gasteiger partial charge in [-0.1, -0.05) is 26.8 Å². The molecule has 0 aromatic carbocycles. The molecule has 0 radical (unpaired) electrons. The van der Waals surface area contributed by atoms with Gasteiger partial charge in [0, 0.05) is 17.9 Å². The Morgan fingerprint density at radius 1 is 1.58 bits per heavy atom. The third-order valence-corrected chi connectivity index (χ3v) is 5.21. The number of hydrogen-bond acceptors (Lipinski definition) is 3. The normalized spacial score (nSPS) is 33.5. The molecule has 0 aromatic rings. The summed E-state index contributed by atoms with van der Waals surface area (Å²) in [4.78, 5) is 12.5. The second kappa shape index (κ2) is 4.71. The van der Waals surface area contributed by atoms with E-state index in [0.717, 1.165) is 12.8 Å². The Balaban J connectivity index is 2.13. The first-order chi connectivity index (χ1) is 8.84. The smallest absolute Gasteiger partial charge is 0.187 e. The highest BCUT2D eigenvalue weighted by Gasteiger charge is 2.65. The summed E-state index contributed by atoms with van der Waals surface area (Å²) in [5, 5.41) is 7.61. The molecule has 2 bridgehead atoms. The molecule has 2 rings (SSSR count). The SMILES string of the molecule is C=CCNC(=S)N/N=C1\C(=O)C2(C)CCC1C2(C)C. The van der Waals surface area contributed by atoms with Crippen molar-refractivity contribution in [3.8, 4) is 0 Å². The molecule has 0 saturated heterocycles. The zero-order valence-corrected chi connectivity index (χ0v) is 12.6. The first-order valence-electron chi connectivity index (χ1n) is 6.61. The molecule has 0 amide bonds. The Morgan fingerprint density at radius 2 is 2.26 bits per heavy atom. The van der Waals surface area contributed by atoms with Crippen LogP contribution in [0.5, 0.6) is 0 Å². The van der Waals surface area contributed by atoms with Gasteiger partial charge in [-0.25, -0.2) is 0 Å². The molecule has 2 N–H and O–H groups in total. The first-order valence-corrected chi connectivity index (χ1v) is 7.02. The molecule has 2 fully saturated rings. The van der Waals surface area contributed by atoms with E-state index in [-0.39, 0.29) is 22.5 Å². The van der Waals surface area contributed by atoms with E-state index in [0.29, 0.717) is 17.4 Å². The van der Waals surface area contributed by atoms with Gasteiger partial charge >= 0.3 is 0 Å². The Morgan fingerprint density at radius 3 is 2.79 bits per heavy atom. The third-order valence-electron chi connectivity index (χ3n) is 4.98. The van der Waals surface area contributed by atoms with Crippen LogP contribution in [0.1, 0.15) is 33.6 Å². The lowest BCUT2D eigenvalue weighted by atomic mass is 9.70. The summed E-state index contributed by atoms with van der Waals surface area (Å²) in [6.07, 6.45) is 3.71. The van der Waals surface area contributed by atoms with Crippen molar-refractivity contribution >= 4 is 28.8 Å². The van der Waals surface area contributed by atoms with Crippen molar-refractivity contribution < 1.29 is 4.79 Å². The molecule has 2 aliphatic rings. The number of rotatable bonds is 3. The monoisotopic (exact) mass is 279 g/mol. The number of fused-ring (bicyclic) bond motifs is 2. The predicted octanol–water partition coefficient (Wildman–Crippen LogP) is 2.02. The molecular formula is C14H21N3OS. The molecule has 4 nitrogen and oxygen atoms in total. The number of hydrogen-bond donors (Lipinski definition) is 2. The van der Waals surface area contributed by atoms with E-state index in [2.05, 4.69) is 43.2 Å². The van der Waals surface area contributed by atoms with Crippen LogP contribution in [0.2, 0.25) is 0 Å². The zero-order valence-electron chi connectivity index (χ0n) is 11.7. The molecule has 2 aliphatic carbocycles. The van der Waals surface area contributed by atoms with Crippen LogP contribution < -0.4 is 10.7 Å². The van der Waals surface area contributed by atoms with E-state index in [9.17, 15) is 4.79 Å². The number of thiocarbonyl (C=S) groups is 1. The van der Waals surface area contributed by atoms with Gasteiger partial charge in [0.05, 0.1) is 0 Å². The molecule has 5 heteroatoms. The highest BCUT2D eigenvalue weighted by atomic mass is 32.1. The fourth-order valence-electron chi connectivity index (χ4n) is 3.27. The second-order valence-electron chi connectivity index (χ2n) is 6.08. The number of hydrazone groups is 1. The number of Topliss-reactive ketones (excluding diaryl/α,β-unsaturated/α-hetero) is 1. The van der Waals surface area contributed by atoms with Gasteiger partial charge in [0.15, 0.2) is 10.9 Å². The molecule has 2 unspecified atom stereocenters. The van der Waals surface area contributed by atoms with Crippen LogP contribution in [-0.2, 0) is 4.79 Å². The molecule has 0 aromatic heterocycles. The molecule has 0 spiro atoms. The quantitative estimate of drug-likeness (QED) is 0.471. The van der Waals surface area contributed by atoms with Gasteiger partial charge in [0.25, 0.3) is 0 Å². The van der Waals surface area contributed by atoms with Crippen LogP contribution in [0.4, 0.5) is 0 Å². The minimum absolute atomic E-state index is 0.0131. The third kappa shape index (κ3) is 2.00. The standard InChI is InChI=1S/C14H21N3OS/c1-5-8-15-12(19)17-16-10-9-6-7-14(4,11(10)18)13(9,2)3/h5,9H,1,6-8H2,2-4H3,(H2,15,17,19)/b16-10-. The van der Waals surface area contributed by atoms with Gasteiger partial charge in [-0.2, -0.15) is 5.10 Å². The van der Waals surface area contributed by atoms with Gasteiger partial charge in [0.1, 0.15) is 5.71 Å². The first kappa shape index (κ1) is 14.2. The highest BCUT2D eigenvalue weighted by molar-refractivity contribution is 7.80. The number of carbonyl (C=O) groups excluding carboxylic acids is 1. The summed E-state index contributed by atoms with van der Waals surface area (Å²) in [5.74, 6) is 0.410. The average Bonchev–Trinajstić information content (AvgIpc) is 2.66. The van der Waals surface area contributed by atoms with Crippen molar-refractivity contribution in [1.82, 2.24) is 10.7 Å². The van der Waals surface area contributed by atoms with E-state index in [1.54, 1.807) is 6.08 Å². The van der Waals surface area contributed by atoms with Crippen molar-refractivity contribution in [2.45, 2.75) is 33.6 Å². The number of ketones is 1. The minimum atomic E-state index is -0.270. The molecule has 104 valence electrons. The summed E-state index contributed by atoms with van der Waals surface area (Å²) in [6.45, 7) is 10.6. The van der Waals surface area contributed by atoms with Gasteiger partial charge in [0.2, 0.25) is 0 Å². The van der Waals surface area contributed by atoms with Crippen molar-refractivity contribution in [3.63, 3.8) is 0 Å². The fraction of sp³-hybridized carbons (Fsp3) is 0.643. The van der Waals surface area contributed by atoms with Gasteiger partial charge < -0.3 is 5.32 Å². The summed E-state index contributed by atoms with van der Waals surface area (Å²) >= 11 is 5.08. The summed E-state index contributed by atoms with van der Waals surface area (Å²) in [6, 6.07) is 0. The van der Waals surface area contributed by atoms with Crippen LogP contribution >= 0.6 is 12.2 Å². The fourth-order valence-corrected chi connectivity index (χ4v) is 3.40. The van der Waals surface area contributed by atoms with Crippen LogP contribution in [0, 0.1) is 16.7 Å². The topological polar surface area (TPSA) is 53.5 Å². The maximum Gasteiger partial charge on any atom is 0.187 e. The van der Waals surface area contributed by atoms with Crippen LogP contribution in [0.15, 0.2) is 17.8 Å². The summed E-state index contributed by atoms with van der Waals surface area (Å²) in [7, 11) is 0. The van der Waals surface area contributed by atoms with E-state index in [1.165, 1.54) is 0 Å². The number of nitrogens with zero attached hydrogens (tertiary/aromatic N) is 1. The van der Waals surface area contributed by atoms with E-state index in [4.69, 9.17) is 12.2 Å². The Labute approximate surface area is 119 Å².